The van der Waals surface area contributed by atoms with Crippen LogP contribution in [0.3, 0.4) is 0 Å². The summed E-state index contributed by atoms with van der Waals surface area (Å²) in [6, 6.07) is 13.1. The molecule has 8 heteroatoms. The molecule has 38 heavy (non-hydrogen) atoms. The van der Waals surface area contributed by atoms with E-state index in [9.17, 15) is 8.78 Å². The Bertz CT molecular complexity index is 1220. The molecule has 0 radical (unpaired) electrons. The van der Waals surface area contributed by atoms with Gasteiger partial charge in [0.15, 0.2) is 0 Å². The smallest absolute Gasteiger partial charge is 0.345 e. The largest absolute Gasteiger partial charge is 0.367 e. The number of piperazine rings is 1. The summed E-state index contributed by atoms with van der Waals surface area (Å²) < 4.78 is 33.3. The molecule has 0 spiro atoms. The van der Waals surface area contributed by atoms with Crippen LogP contribution in [-0.4, -0.2) is 84.0 Å². The summed E-state index contributed by atoms with van der Waals surface area (Å²) in [4.78, 5) is 7.45. The maximum Gasteiger partial charge on any atom is 0.345 e. The number of hydrogen-bond acceptors (Lipinski definition) is 5. The lowest BCUT2D eigenvalue weighted by molar-refractivity contribution is -0.179. The average molecular weight is 524 g/mol. The van der Waals surface area contributed by atoms with E-state index in [1.54, 1.807) is 0 Å². The SMILES string of the molecule is CC(C)N1CC[C@H](OC(F)F)[C@@H](c2ccc(-c3cc4c(N5CCN(CC6CC6)CC5)ccnn4c3)cc2)C1. The summed E-state index contributed by atoms with van der Waals surface area (Å²) in [6.07, 6.45) is 6.92. The van der Waals surface area contributed by atoms with E-state index in [-0.39, 0.29) is 5.92 Å². The lowest BCUT2D eigenvalue weighted by Crippen LogP contribution is -2.47. The van der Waals surface area contributed by atoms with E-state index in [0.717, 1.165) is 67.4 Å². The van der Waals surface area contributed by atoms with Gasteiger partial charge in [0.25, 0.3) is 0 Å². The minimum absolute atomic E-state index is 0.0749. The normalized spacial score (nSPS) is 23.7. The molecule has 1 saturated carbocycles. The fourth-order valence-corrected chi connectivity index (χ4v) is 6.22. The van der Waals surface area contributed by atoms with Crippen molar-refractivity contribution in [3.05, 3.63) is 54.4 Å². The molecule has 4 heterocycles. The van der Waals surface area contributed by atoms with Gasteiger partial charge in [-0.25, -0.2) is 4.52 Å². The van der Waals surface area contributed by atoms with Gasteiger partial charge >= 0.3 is 6.61 Å². The molecule has 3 fully saturated rings. The summed E-state index contributed by atoms with van der Waals surface area (Å²) in [5.74, 6) is 0.859. The zero-order valence-corrected chi connectivity index (χ0v) is 22.5. The minimum atomic E-state index is -2.75. The van der Waals surface area contributed by atoms with Crippen molar-refractivity contribution in [2.45, 2.75) is 57.8 Å². The van der Waals surface area contributed by atoms with Crippen molar-refractivity contribution in [3.8, 4) is 11.1 Å². The Kier molecular flexibility index (Phi) is 7.38. The standard InChI is InChI=1S/C30H39F2N5O/c1-21(2)36-12-10-29(38-30(31)32)26(20-36)24-7-5-23(6-8-24)25-17-28-27(9-11-33-37(28)19-25)35-15-13-34(14-16-35)18-22-3-4-22/h5-9,11,17,19,21-22,26,29-30H,3-4,10,12-16,18,20H2,1-2H3/t26-,29+/m1/s1. The Morgan fingerprint density at radius 3 is 2.39 bits per heavy atom. The van der Waals surface area contributed by atoms with Crippen LogP contribution in [0.5, 0.6) is 0 Å². The van der Waals surface area contributed by atoms with E-state index >= 15 is 0 Å². The maximum absolute atomic E-state index is 13.1. The van der Waals surface area contributed by atoms with Crippen LogP contribution in [0.1, 0.15) is 44.6 Å². The lowest BCUT2D eigenvalue weighted by atomic mass is 9.86. The van der Waals surface area contributed by atoms with E-state index in [1.165, 1.54) is 25.1 Å². The predicted octanol–water partition coefficient (Wildman–Crippen LogP) is 5.34. The van der Waals surface area contributed by atoms with Gasteiger partial charge in [0.05, 0.1) is 17.3 Å². The second kappa shape index (κ2) is 10.9. The Labute approximate surface area is 224 Å². The number of anilines is 1. The number of rotatable bonds is 8. The molecular weight excluding hydrogens is 484 g/mol. The summed E-state index contributed by atoms with van der Waals surface area (Å²) in [5.41, 5.74) is 5.61. The summed E-state index contributed by atoms with van der Waals surface area (Å²) in [5, 5.41) is 4.59. The molecule has 2 aliphatic heterocycles. The molecular formula is C30H39F2N5O. The molecule has 6 rings (SSSR count). The number of ether oxygens (including phenoxy) is 1. The molecule has 0 N–H and O–H groups in total. The van der Waals surface area contributed by atoms with E-state index in [1.807, 2.05) is 10.7 Å². The Balaban J connectivity index is 1.20. The Morgan fingerprint density at radius 1 is 0.947 bits per heavy atom. The number of nitrogens with zero attached hydrogens (tertiary/aromatic N) is 5. The van der Waals surface area contributed by atoms with E-state index < -0.39 is 12.7 Å². The third kappa shape index (κ3) is 5.58. The van der Waals surface area contributed by atoms with E-state index in [0.29, 0.717) is 12.5 Å². The number of aromatic nitrogens is 2. The van der Waals surface area contributed by atoms with Crippen LogP contribution in [-0.2, 0) is 4.74 Å². The van der Waals surface area contributed by atoms with Crippen molar-refractivity contribution in [2.24, 2.45) is 5.92 Å². The van der Waals surface area contributed by atoms with Gasteiger partial charge < -0.3 is 14.5 Å². The topological polar surface area (TPSA) is 36.2 Å². The first-order chi connectivity index (χ1) is 18.4. The predicted molar refractivity (Wildman–Crippen MR) is 147 cm³/mol. The number of halogens is 2. The number of hydrogen-bond donors (Lipinski definition) is 0. The summed E-state index contributed by atoms with van der Waals surface area (Å²) in [6.45, 7) is 8.65. The molecule has 0 bridgehead atoms. The van der Waals surface area contributed by atoms with Crippen LogP contribution in [0.15, 0.2) is 48.8 Å². The van der Waals surface area contributed by atoms with Crippen molar-refractivity contribution < 1.29 is 13.5 Å². The molecule has 1 aliphatic carbocycles. The van der Waals surface area contributed by atoms with Crippen molar-refractivity contribution in [1.82, 2.24) is 19.4 Å². The fraction of sp³-hybridized carbons (Fsp3) is 0.567. The molecule has 3 aliphatic rings. The fourth-order valence-electron chi connectivity index (χ4n) is 6.22. The zero-order chi connectivity index (χ0) is 26.2. The van der Waals surface area contributed by atoms with Crippen LogP contribution in [0.25, 0.3) is 16.6 Å². The van der Waals surface area contributed by atoms with Gasteiger partial charge in [-0.05, 0) is 62.3 Å². The Hall–Kier alpha value is -2.55. The number of benzene rings is 1. The highest BCUT2D eigenvalue weighted by atomic mass is 19.3. The molecule has 204 valence electrons. The van der Waals surface area contributed by atoms with Gasteiger partial charge in [0.2, 0.25) is 0 Å². The molecule has 2 aromatic heterocycles. The highest BCUT2D eigenvalue weighted by Crippen LogP contribution is 2.35. The number of piperidine rings is 1. The summed E-state index contributed by atoms with van der Waals surface area (Å²) >= 11 is 0. The molecule has 2 atom stereocenters. The number of likely N-dealkylation sites (tertiary alicyclic amines) is 1. The Morgan fingerprint density at radius 2 is 1.71 bits per heavy atom. The van der Waals surface area contributed by atoms with Crippen LogP contribution >= 0.6 is 0 Å². The van der Waals surface area contributed by atoms with Crippen LogP contribution in [0.2, 0.25) is 0 Å². The van der Waals surface area contributed by atoms with Crippen molar-refractivity contribution in [2.75, 3.05) is 50.7 Å². The minimum Gasteiger partial charge on any atom is -0.367 e. The first-order valence-corrected chi connectivity index (χ1v) is 14.2. The quantitative estimate of drug-likeness (QED) is 0.399. The van der Waals surface area contributed by atoms with Gasteiger partial charge in [-0.3, -0.25) is 4.90 Å². The van der Waals surface area contributed by atoms with Gasteiger partial charge in [-0.1, -0.05) is 24.3 Å². The number of alkyl halides is 2. The monoisotopic (exact) mass is 523 g/mol. The van der Waals surface area contributed by atoms with E-state index in [4.69, 9.17) is 4.74 Å². The van der Waals surface area contributed by atoms with Crippen LogP contribution < -0.4 is 4.90 Å². The maximum atomic E-state index is 13.1. The lowest BCUT2D eigenvalue weighted by Gasteiger charge is -2.40. The second-order valence-corrected chi connectivity index (χ2v) is 11.5. The first-order valence-electron chi connectivity index (χ1n) is 14.2. The molecule has 1 aromatic carbocycles. The molecule has 0 unspecified atom stereocenters. The van der Waals surface area contributed by atoms with Gasteiger partial charge in [0, 0.05) is 75.7 Å². The van der Waals surface area contributed by atoms with E-state index in [2.05, 4.69) is 76.2 Å². The van der Waals surface area contributed by atoms with Crippen LogP contribution in [0, 0.1) is 5.92 Å². The van der Waals surface area contributed by atoms with Crippen molar-refractivity contribution in [3.63, 3.8) is 0 Å². The third-order valence-corrected chi connectivity index (χ3v) is 8.67. The van der Waals surface area contributed by atoms with Gasteiger partial charge in [-0.15, -0.1) is 0 Å². The molecule has 6 nitrogen and oxygen atoms in total. The number of fused-ring (bicyclic) bond motifs is 1. The average Bonchev–Trinajstić information content (AvgIpc) is 3.62. The van der Waals surface area contributed by atoms with Crippen LogP contribution in [0.4, 0.5) is 14.5 Å². The first kappa shape index (κ1) is 25.7. The van der Waals surface area contributed by atoms with Gasteiger partial charge in [-0.2, -0.15) is 13.9 Å². The highest BCUT2D eigenvalue weighted by Gasteiger charge is 2.34. The zero-order valence-electron chi connectivity index (χ0n) is 22.5. The van der Waals surface area contributed by atoms with Crippen molar-refractivity contribution >= 4 is 11.2 Å². The highest BCUT2D eigenvalue weighted by molar-refractivity contribution is 5.80. The molecule has 2 saturated heterocycles. The van der Waals surface area contributed by atoms with Crippen molar-refractivity contribution in [1.29, 1.82) is 0 Å². The van der Waals surface area contributed by atoms with Gasteiger partial charge in [0.1, 0.15) is 0 Å². The second-order valence-electron chi connectivity index (χ2n) is 11.5. The summed E-state index contributed by atoms with van der Waals surface area (Å²) in [7, 11) is 0. The molecule has 0 amide bonds. The third-order valence-electron chi connectivity index (χ3n) is 8.67. The molecule has 3 aromatic rings.